The van der Waals surface area contributed by atoms with Crippen molar-refractivity contribution in [1.29, 1.82) is 0 Å². The molecule has 5 heteroatoms. The minimum absolute atomic E-state index is 0.335. The molecule has 0 bridgehead atoms. The lowest BCUT2D eigenvalue weighted by Crippen LogP contribution is -2.08. The van der Waals surface area contributed by atoms with Crippen LogP contribution >= 0.6 is 23.2 Å². The molecule has 2 rings (SSSR count). The van der Waals surface area contributed by atoms with E-state index in [0.29, 0.717) is 27.0 Å². The van der Waals surface area contributed by atoms with Crippen LogP contribution in [0.4, 0.5) is 5.69 Å². The average Bonchev–Trinajstić information content (AvgIpc) is 2.35. The van der Waals surface area contributed by atoms with Gasteiger partial charge in [0.15, 0.2) is 0 Å². The summed E-state index contributed by atoms with van der Waals surface area (Å²) >= 11 is 11.5. The van der Waals surface area contributed by atoms with Gasteiger partial charge in [0, 0.05) is 5.02 Å². The van der Waals surface area contributed by atoms with E-state index in [2.05, 4.69) is 0 Å². The summed E-state index contributed by atoms with van der Waals surface area (Å²) in [6.45, 7) is 0. The molecule has 0 aromatic heterocycles. The fraction of sp³-hybridized carbons (Fsp3) is 0. The normalized spacial score (nSPS) is 10.1. The summed E-state index contributed by atoms with van der Waals surface area (Å²) in [5.74, 6) is -0.0846. The molecule has 0 aliphatic heterocycles. The molecule has 0 unspecified atom stereocenters. The van der Waals surface area contributed by atoms with Crippen LogP contribution in [0.15, 0.2) is 42.5 Å². The highest BCUT2D eigenvalue weighted by Crippen LogP contribution is 2.21. The monoisotopic (exact) mass is 281 g/mol. The van der Waals surface area contributed by atoms with E-state index in [1.165, 1.54) is 6.07 Å². The number of ether oxygens (including phenoxy) is 1. The number of carbonyl (C=O) groups excluding carboxylic acids is 1. The van der Waals surface area contributed by atoms with Crippen molar-refractivity contribution < 1.29 is 9.53 Å². The maximum atomic E-state index is 11.8. The maximum absolute atomic E-state index is 11.8. The average molecular weight is 282 g/mol. The van der Waals surface area contributed by atoms with Crippen LogP contribution in [0.1, 0.15) is 10.4 Å². The van der Waals surface area contributed by atoms with Crippen molar-refractivity contribution in [1.82, 2.24) is 0 Å². The molecule has 3 nitrogen and oxygen atoms in total. The van der Waals surface area contributed by atoms with Crippen LogP contribution in [0.2, 0.25) is 10.0 Å². The first-order valence-corrected chi connectivity index (χ1v) is 5.84. The van der Waals surface area contributed by atoms with Crippen LogP contribution in [0.25, 0.3) is 0 Å². The second-order valence-corrected chi connectivity index (χ2v) is 4.42. The molecule has 0 spiro atoms. The molecule has 0 saturated carbocycles. The Balaban J connectivity index is 2.16. The number of carbonyl (C=O) groups is 1. The zero-order valence-corrected chi connectivity index (χ0v) is 10.7. The van der Waals surface area contributed by atoms with E-state index in [9.17, 15) is 4.79 Å². The van der Waals surface area contributed by atoms with Crippen molar-refractivity contribution >= 4 is 34.9 Å². The van der Waals surface area contributed by atoms with Crippen molar-refractivity contribution in [2.24, 2.45) is 0 Å². The fourth-order valence-corrected chi connectivity index (χ4v) is 1.58. The minimum Gasteiger partial charge on any atom is -0.423 e. The summed E-state index contributed by atoms with van der Waals surface area (Å²) in [5.41, 5.74) is 6.29. The lowest BCUT2D eigenvalue weighted by atomic mass is 10.2. The number of hydrogen-bond donors (Lipinski definition) is 1. The van der Waals surface area contributed by atoms with Crippen LogP contribution in [0, 0.1) is 0 Å². The van der Waals surface area contributed by atoms with Gasteiger partial charge in [0.1, 0.15) is 5.75 Å². The third-order valence-corrected chi connectivity index (χ3v) is 2.85. The highest BCUT2D eigenvalue weighted by atomic mass is 35.5. The summed E-state index contributed by atoms with van der Waals surface area (Å²) in [6, 6.07) is 11.1. The molecular weight excluding hydrogens is 273 g/mol. The number of anilines is 1. The largest absolute Gasteiger partial charge is 0.423 e. The molecule has 2 N–H and O–H groups in total. The number of nitrogen functional groups attached to an aromatic ring is 1. The van der Waals surface area contributed by atoms with E-state index in [-0.39, 0.29) is 0 Å². The fourth-order valence-electron chi connectivity index (χ4n) is 1.34. The quantitative estimate of drug-likeness (QED) is 0.518. The van der Waals surface area contributed by atoms with E-state index < -0.39 is 5.97 Å². The Kier molecular flexibility index (Phi) is 3.75. The van der Waals surface area contributed by atoms with E-state index in [1.807, 2.05) is 0 Å². The van der Waals surface area contributed by atoms with Crippen LogP contribution in [0.3, 0.4) is 0 Å². The van der Waals surface area contributed by atoms with E-state index in [1.54, 1.807) is 36.4 Å². The van der Waals surface area contributed by atoms with Crippen LogP contribution in [-0.4, -0.2) is 5.97 Å². The van der Waals surface area contributed by atoms with Crippen molar-refractivity contribution in [3.8, 4) is 5.75 Å². The zero-order valence-electron chi connectivity index (χ0n) is 9.19. The van der Waals surface area contributed by atoms with Crippen molar-refractivity contribution in [2.45, 2.75) is 0 Å². The first-order valence-electron chi connectivity index (χ1n) is 5.09. The Hall–Kier alpha value is -1.71. The predicted octanol–water partition coefficient (Wildman–Crippen LogP) is 3.79. The maximum Gasteiger partial charge on any atom is 0.343 e. The summed E-state index contributed by atoms with van der Waals surface area (Å²) in [6.07, 6.45) is 0. The highest BCUT2D eigenvalue weighted by Gasteiger charge is 2.10. The molecule has 0 amide bonds. The molecule has 0 aliphatic rings. The molecule has 2 aromatic carbocycles. The molecule has 0 saturated heterocycles. The molecule has 0 fully saturated rings. The van der Waals surface area contributed by atoms with E-state index >= 15 is 0 Å². The SMILES string of the molecule is Nc1cc(C(=O)Oc2ccc(Cl)cc2)ccc1Cl. The lowest BCUT2D eigenvalue weighted by molar-refractivity contribution is 0.0735. The second-order valence-electron chi connectivity index (χ2n) is 3.58. The third kappa shape index (κ3) is 2.94. The molecule has 0 atom stereocenters. The van der Waals surface area contributed by atoms with Crippen LogP contribution in [0.5, 0.6) is 5.75 Å². The van der Waals surface area contributed by atoms with Crippen LogP contribution in [-0.2, 0) is 0 Å². The van der Waals surface area contributed by atoms with Crippen molar-refractivity contribution in [3.05, 3.63) is 58.1 Å². The Morgan fingerprint density at radius 1 is 1.06 bits per heavy atom. The molecule has 0 aliphatic carbocycles. The van der Waals surface area contributed by atoms with Gasteiger partial charge in [-0.25, -0.2) is 4.79 Å². The predicted molar refractivity (Wildman–Crippen MR) is 72.3 cm³/mol. The highest BCUT2D eigenvalue weighted by molar-refractivity contribution is 6.33. The molecule has 18 heavy (non-hydrogen) atoms. The second kappa shape index (κ2) is 5.29. The molecule has 0 radical (unpaired) electrons. The zero-order chi connectivity index (χ0) is 13.1. The van der Waals surface area contributed by atoms with Gasteiger partial charge in [-0.3, -0.25) is 0 Å². The standard InChI is InChI=1S/C13H9Cl2NO2/c14-9-2-4-10(5-3-9)18-13(17)8-1-6-11(15)12(16)7-8/h1-7H,16H2. The van der Waals surface area contributed by atoms with Gasteiger partial charge in [-0.15, -0.1) is 0 Å². The summed E-state index contributed by atoms with van der Waals surface area (Å²) in [7, 11) is 0. The summed E-state index contributed by atoms with van der Waals surface area (Å²) in [4.78, 5) is 11.8. The van der Waals surface area contributed by atoms with Gasteiger partial charge in [-0.05, 0) is 42.5 Å². The van der Waals surface area contributed by atoms with Gasteiger partial charge < -0.3 is 10.5 Å². The number of halogens is 2. The van der Waals surface area contributed by atoms with E-state index in [0.717, 1.165) is 0 Å². The summed E-state index contributed by atoms with van der Waals surface area (Å²) < 4.78 is 5.15. The first kappa shape index (κ1) is 12.7. The lowest BCUT2D eigenvalue weighted by Gasteiger charge is -2.05. The Morgan fingerprint density at radius 3 is 2.33 bits per heavy atom. The van der Waals surface area contributed by atoms with Gasteiger partial charge in [-0.2, -0.15) is 0 Å². The molecule has 92 valence electrons. The van der Waals surface area contributed by atoms with Gasteiger partial charge in [0.2, 0.25) is 0 Å². The molecular formula is C13H9Cl2NO2. The van der Waals surface area contributed by atoms with Crippen molar-refractivity contribution in [2.75, 3.05) is 5.73 Å². The minimum atomic E-state index is -0.499. The topological polar surface area (TPSA) is 52.3 Å². The number of nitrogens with two attached hydrogens (primary N) is 1. The smallest absolute Gasteiger partial charge is 0.343 e. The van der Waals surface area contributed by atoms with Gasteiger partial charge in [-0.1, -0.05) is 23.2 Å². The molecule has 2 aromatic rings. The number of hydrogen-bond acceptors (Lipinski definition) is 3. The van der Waals surface area contributed by atoms with Gasteiger partial charge in [0.05, 0.1) is 16.3 Å². The first-order chi connectivity index (χ1) is 8.56. The van der Waals surface area contributed by atoms with E-state index in [4.69, 9.17) is 33.7 Å². The van der Waals surface area contributed by atoms with Crippen molar-refractivity contribution in [3.63, 3.8) is 0 Å². The van der Waals surface area contributed by atoms with Gasteiger partial charge in [0.25, 0.3) is 0 Å². The Labute approximate surface area is 114 Å². The molecule has 0 heterocycles. The number of esters is 1. The Bertz CT molecular complexity index is 582. The third-order valence-electron chi connectivity index (χ3n) is 2.26. The van der Waals surface area contributed by atoms with Gasteiger partial charge >= 0.3 is 5.97 Å². The number of rotatable bonds is 2. The number of benzene rings is 2. The Morgan fingerprint density at radius 2 is 1.72 bits per heavy atom. The van der Waals surface area contributed by atoms with Crippen LogP contribution < -0.4 is 10.5 Å². The summed E-state index contributed by atoms with van der Waals surface area (Å²) in [5, 5.41) is 0.976.